The molecule has 0 aromatic carbocycles. The van der Waals surface area contributed by atoms with Crippen LogP contribution in [-0.4, -0.2) is 26.7 Å². The molecule has 0 radical (unpaired) electrons. The summed E-state index contributed by atoms with van der Waals surface area (Å²) in [6.45, 7) is 1.94. The van der Waals surface area contributed by atoms with Crippen LogP contribution in [-0.2, 0) is 0 Å². The predicted molar refractivity (Wildman–Crippen MR) is 45.8 cm³/mol. The fraction of sp³-hybridized carbons (Fsp3) is 0.714. The number of rotatable bonds is 1. The summed E-state index contributed by atoms with van der Waals surface area (Å²) in [5, 5.41) is 7.02. The van der Waals surface area contributed by atoms with Crippen LogP contribution >= 0.6 is 11.8 Å². The second-order valence-corrected chi connectivity index (χ2v) is 3.99. The quantitative estimate of drug-likeness (QED) is 0.689. The van der Waals surface area contributed by atoms with Crippen LogP contribution in [0.5, 0.6) is 0 Å². The first kappa shape index (κ1) is 7.16. The third-order valence-corrected chi connectivity index (χ3v) is 3.07. The van der Waals surface area contributed by atoms with Crippen molar-refractivity contribution in [2.24, 2.45) is 0 Å². The molecule has 11 heavy (non-hydrogen) atoms. The third-order valence-electron chi connectivity index (χ3n) is 1.91. The fourth-order valence-electron chi connectivity index (χ4n) is 1.28. The first-order valence-corrected chi connectivity index (χ1v) is 4.98. The van der Waals surface area contributed by atoms with E-state index in [1.54, 1.807) is 0 Å². The normalized spacial score (nSPS) is 24.3. The van der Waals surface area contributed by atoms with Gasteiger partial charge in [-0.2, -0.15) is 16.9 Å². The topological polar surface area (TPSA) is 41.6 Å². The van der Waals surface area contributed by atoms with Gasteiger partial charge in [0.2, 0.25) is 0 Å². The highest BCUT2D eigenvalue weighted by molar-refractivity contribution is 7.99. The van der Waals surface area contributed by atoms with Gasteiger partial charge >= 0.3 is 0 Å². The van der Waals surface area contributed by atoms with Gasteiger partial charge in [0.1, 0.15) is 5.82 Å². The Bertz CT molecular complexity index is 240. The lowest BCUT2D eigenvalue weighted by molar-refractivity contribution is 0.721. The number of thioether (sulfide) groups is 1. The molecule has 1 unspecified atom stereocenters. The Morgan fingerprint density at radius 3 is 3.09 bits per heavy atom. The van der Waals surface area contributed by atoms with Gasteiger partial charge < -0.3 is 0 Å². The highest BCUT2D eigenvalue weighted by Crippen LogP contribution is 2.29. The zero-order valence-electron chi connectivity index (χ0n) is 6.50. The summed E-state index contributed by atoms with van der Waals surface area (Å²) >= 11 is 1.99. The van der Waals surface area contributed by atoms with E-state index in [1.165, 1.54) is 17.9 Å². The summed E-state index contributed by atoms with van der Waals surface area (Å²) in [5.74, 6) is 4.99. The third kappa shape index (κ3) is 1.40. The fourth-order valence-corrected chi connectivity index (χ4v) is 2.50. The summed E-state index contributed by atoms with van der Waals surface area (Å²) in [7, 11) is 0. The molecule has 1 aliphatic rings. The second-order valence-electron chi connectivity index (χ2n) is 2.84. The molecule has 0 bridgehead atoms. The van der Waals surface area contributed by atoms with Crippen LogP contribution in [0.3, 0.4) is 0 Å². The Hall–Kier alpha value is -0.510. The largest absolute Gasteiger partial charge is 0.263 e. The maximum Gasteiger partial charge on any atom is 0.154 e. The molecule has 1 aliphatic heterocycles. The van der Waals surface area contributed by atoms with E-state index in [0.29, 0.717) is 5.92 Å². The average Bonchev–Trinajstić information content (AvgIpc) is 2.55. The van der Waals surface area contributed by atoms with Crippen molar-refractivity contribution >= 4 is 11.8 Å². The van der Waals surface area contributed by atoms with E-state index in [1.807, 2.05) is 18.7 Å². The van der Waals surface area contributed by atoms with Crippen LogP contribution in [0.15, 0.2) is 0 Å². The maximum absolute atomic E-state index is 4.31. The first-order chi connectivity index (χ1) is 5.36. The molecule has 2 rings (SSSR count). The number of nitrogens with one attached hydrogen (secondary N) is 1. The zero-order chi connectivity index (χ0) is 7.68. The van der Waals surface area contributed by atoms with Gasteiger partial charge in [0.15, 0.2) is 5.82 Å². The maximum atomic E-state index is 4.31. The van der Waals surface area contributed by atoms with Crippen molar-refractivity contribution in [3.63, 3.8) is 0 Å². The van der Waals surface area contributed by atoms with E-state index in [-0.39, 0.29) is 0 Å². The Morgan fingerprint density at radius 2 is 2.55 bits per heavy atom. The van der Waals surface area contributed by atoms with Crippen LogP contribution in [0.25, 0.3) is 0 Å². The number of aryl methyl sites for hydroxylation is 1. The van der Waals surface area contributed by atoms with Crippen molar-refractivity contribution in [1.29, 1.82) is 0 Å². The molecule has 1 fully saturated rings. The minimum atomic E-state index is 0.602. The molecular weight excluding hydrogens is 158 g/mol. The van der Waals surface area contributed by atoms with Gasteiger partial charge in [-0.15, -0.1) is 0 Å². The van der Waals surface area contributed by atoms with Gasteiger partial charge in [-0.05, 0) is 19.1 Å². The summed E-state index contributed by atoms with van der Waals surface area (Å²) in [5.41, 5.74) is 0. The molecule has 60 valence electrons. The van der Waals surface area contributed by atoms with E-state index in [4.69, 9.17) is 0 Å². The highest BCUT2D eigenvalue weighted by atomic mass is 32.2. The highest BCUT2D eigenvalue weighted by Gasteiger charge is 2.20. The Balaban J connectivity index is 2.15. The van der Waals surface area contributed by atoms with Crippen molar-refractivity contribution in [1.82, 2.24) is 15.2 Å². The van der Waals surface area contributed by atoms with E-state index >= 15 is 0 Å². The van der Waals surface area contributed by atoms with Gasteiger partial charge in [0.25, 0.3) is 0 Å². The van der Waals surface area contributed by atoms with Gasteiger partial charge in [-0.25, -0.2) is 4.98 Å². The van der Waals surface area contributed by atoms with Crippen LogP contribution in [0.4, 0.5) is 0 Å². The van der Waals surface area contributed by atoms with Crippen molar-refractivity contribution in [3.8, 4) is 0 Å². The number of nitrogens with zero attached hydrogens (tertiary/aromatic N) is 2. The predicted octanol–water partition coefficient (Wildman–Crippen LogP) is 1.33. The van der Waals surface area contributed by atoms with Gasteiger partial charge in [0.05, 0.1) is 0 Å². The van der Waals surface area contributed by atoms with Crippen LogP contribution in [0.1, 0.15) is 24.0 Å². The van der Waals surface area contributed by atoms with Gasteiger partial charge in [-0.3, -0.25) is 5.10 Å². The molecule has 1 N–H and O–H groups in total. The first-order valence-electron chi connectivity index (χ1n) is 3.83. The van der Waals surface area contributed by atoms with Crippen molar-refractivity contribution < 1.29 is 0 Å². The Morgan fingerprint density at radius 1 is 1.64 bits per heavy atom. The molecule has 0 saturated carbocycles. The van der Waals surface area contributed by atoms with E-state index < -0.39 is 0 Å². The zero-order valence-corrected chi connectivity index (χ0v) is 7.32. The SMILES string of the molecule is Cc1nc(C2CCSC2)n[nH]1. The molecule has 1 aromatic rings. The summed E-state index contributed by atoms with van der Waals surface area (Å²) in [6, 6.07) is 0. The molecule has 0 amide bonds. The van der Waals surface area contributed by atoms with Crippen LogP contribution < -0.4 is 0 Å². The number of hydrogen-bond donors (Lipinski definition) is 1. The van der Waals surface area contributed by atoms with Crippen molar-refractivity contribution in [3.05, 3.63) is 11.6 Å². The molecule has 3 nitrogen and oxygen atoms in total. The summed E-state index contributed by atoms with van der Waals surface area (Å²) in [6.07, 6.45) is 1.24. The minimum absolute atomic E-state index is 0.602. The van der Waals surface area contributed by atoms with E-state index in [9.17, 15) is 0 Å². The number of H-pyrrole nitrogens is 1. The van der Waals surface area contributed by atoms with Crippen LogP contribution in [0.2, 0.25) is 0 Å². The summed E-state index contributed by atoms with van der Waals surface area (Å²) < 4.78 is 0. The van der Waals surface area contributed by atoms with Gasteiger partial charge in [0, 0.05) is 11.7 Å². The van der Waals surface area contributed by atoms with Crippen LogP contribution in [0, 0.1) is 6.92 Å². The molecular formula is C7H11N3S. The lowest BCUT2D eigenvalue weighted by atomic mass is 10.1. The number of hydrogen-bond acceptors (Lipinski definition) is 3. The molecule has 1 atom stereocenters. The second kappa shape index (κ2) is 2.85. The van der Waals surface area contributed by atoms with E-state index in [0.717, 1.165) is 11.6 Å². The summed E-state index contributed by atoms with van der Waals surface area (Å²) in [4.78, 5) is 4.31. The lowest BCUT2D eigenvalue weighted by Crippen LogP contribution is -1.98. The smallest absolute Gasteiger partial charge is 0.154 e. The molecule has 2 heterocycles. The standard InChI is InChI=1S/C7H11N3S/c1-5-8-7(10-9-5)6-2-3-11-4-6/h6H,2-4H2,1H3,(H,8,9,10). The van der Waals surface area contributed by atoms with Crippen molar-refractivity contribution in [2.75, 3.05) is 11.5 Å². The molecule has 1 saturated heterocycles. The molecule has 1 aromatic heterocycles. The molecule has 4 heteroatoms. The monoisotopic (exact) mass is 169 g/mol. The molecule has 0 spiro atoms. The van der Waals surface area contributed by atoms with Crippen molar-refractivity contribution in [2.45, 2.75) is 19.3 Å². The lowest BCUT2D eigenvalue weighted by Gasteiger charge is -1.99. The Kier molecular flexibility index (Phi) is 1.85. The van der Waals surface area contributed by atoms with Gasteiger partial charge in [-0.1, -0.05) is 0 Å². The van der Waals surface area contributed by atoms with E-state index in [2.05, 4.69) is 15.2 Å². The number of aromatic nitrogens is 3. The number of aromatic amines is 1. The average molecular weight is 169 g/mol. The minimum Gasteiger partial charge on any atom is -0.263 e. The molecule has 0 aliphatic carbocycles. The Labute approximate surface area is 70.0 Å².